The molecule has 0 radical (unpaired) electrons. The van der Waals surface area contributed by atoms with Gasteiger partial charge in [0.1, 0.15) is 0 Å². The van der Waals surface area contributed by atoms with Crippen molar-refractivity contribution in [3.8, 4) is 0 Å². The van der Waals surface area contributed by atoms with Crippen LogP contribution in [0.25, 0.3) is 0 Å². The van der Waals surface area contributed by atoms with Crippen LogP contribution < -0.4 is 10.2 Å². The molecule has 0 aliphatic heterocycles. The predicted molar refractivity (Wildman–Crippen MR) is 23.0 cm³/mol. The Morgan fingerprint density at radius 3 is 1.09 bits per heavy atom. The quantitative estimate of drug-likeness (QED) is 0.316. The van der Waals surface area contributed by atoms with Crippen molar-refractivity contribution in [3.63, 3.8) is 0 Å². The minimum Gasteiger partial charge on any atom is -0.554 e. The molecule has 0 bridgehead atoms. The number of rotatable bonds is 0. The third-order valence-corrected chi connectivity index (χ3v) is 0. The molecule has 0 amide bonds. The van der Waals surface area contributed by atoms with Crippen LogP contribution in [0.5, 0.6) is 0 Å². The topological polar surface area (TPSA) is 138 Å². The van der Waals surface area contributed by atoms with E-state index in [1.54, 1.807) is 0 Å². The molecule has 0 spiro atoms. The summed E-state index contributed by atoms with van der Waals surface area (Å²) in [6.07, 6.45) is 0. The number of carbonyl (C=O) groups excluding carboxylic acids is 2. The Bertz CT molecular complexity index is 84.4. The van der Waals surface area contributed by atoms with E-state index in [1.807, 2.05) is 0 Å². The largest absolute Gasteiger partial charge is 2.00 e. The van der Waals surface area contributed by atoms with Gasteiger partial charge in [0.05, 0.1) is 0 Å². The number of carboxylic acid groups (broad SMARTS) is 2. The summed E-state index contributed by atoms with van der Waals surface area (Å²) in [4.78, 5) is 30.8. The van der Waals surface area contributed by atoms with Crippen molar-refractivity contribution >= 4 is 22.1 Å². The van der Waals surface area contributed by atoms with Gasteiger partial charge < -0.3 is 29.4 Å². The van der Waals surface area contributed by atoms with Gasteiger partial charge in [-0.2, -0.15) is 0 Å². The summed E-state index contributed by atoms with van der Waals surface area (Å²) in [6, 6.07) is 0. The monoisotopic (exact) mass is 232 g/mol. The maximum Gasteiger partial charge on any atom is 2.00 e. The average molecular weight is 234 g/mol. The van der Waals surface area contributed by atoms with Gasteiger partial charge in [-0.05, 0) is 0 Å². The molecule has 11 heavy (non-hydrogen) atoms. The minimum atomic E-state index is -3.13. The molecule has 0 aliphatic carbocycles. The van der Waals surface area contributed by atoms with Crippen molar-refractivity contribution in [1.82, 2.24) is 0 Å². The van der Waals surface area contributed by atoms with Crippen LogP contribution in [0.3, 0.4) is 0 Å². The first-order valence-corrected chi connectivity index (χ1v) is 2.90. The summed E-state index contributed by atoms with van der Waals surface area (Å²) in [5.41, 5.74) is 0. The van der Waals surface area contributed by atoms with Crippen molar-refractivity contribution in [3.05, 3.63) is 0 Å². The maximum absolute atomic E-state index is 8.74. The minimum absolute atomic E-state index is 0. The first-order valence-electron chi connectivity index (χ1n) is 1.59. The number of hydrogen-bond donors (Lipinski definition) is 2. The zero-order chi connectivity index (χ0) is 8.99. The zero-order valence-corrected chi connectivity index (χ0v) is 9.26. The molecule has 7 nitrogen and oxygen atoms in total. The van der Waals surface area contributed by atoms with Gasteiger partial charge in [0.2, 0.25) is 0 Å². The van der Waals surface area contributed by atoms with Gasteiger partial charge in [0.25, 0.3) is 0 Å². The summed E-state index contributed by atoms with van der Waals surface area (Å²) in [5, 5.41) is 16.5. The molecule has 0 heterocycles. The van der Waals surface area contributed by atoms with E-state index in [0.29, 0.717) is 0 Å². The van der Waals surface area contributed by atoms with Crippen molar-refractivity contribution in [2.45, 2.75) is 0 Å². The molecule has 0 saturated carbocycles. The fourth-order valence-electron chi connectivity index (χ4n) is 0. The van der Waals surface area contributed by atoms with E-state index in [4.69, 9.17) is 33.9 Å². The molecule has 0 unspecified atom stereocenters. The van der Waals surface area contributed by atoms with Crippen LogP contribution in [0, 0.1) is 0 Å². The summed E-state index contributed by atoms with van der Waals surface area (Å²) < 4.78 is 8.74. The van der Waals surface area contributed by atoms with Gasteiger partial charge in [-0.3, -0.25) is 4.46 Å². The number of carbonyl (C=O) groups is 2. The van der Waals surface area contributed by atoms with Gasteiger partial charge in [-0.15, -0.1) is 0 Å². The Morgan fingerprint density at radius 1 is 1.09 bits per heavy atom. The van der Waals surface area contributed by atoms with Gasteiger partial charge in [0, 0.05) is 12.9 Å². The molecular formula is C2H4O7SiZn. The maximum atomic E-state index is 8.74. The molecular weight excluding hydrogens is 229 g/mol. The first kappa shape index (κ1) is 22.5. The molecule has 0 saturated heterocycles. The molecule has 0 fully saturated rings. The van der Waals surface area contributed by atoms with Crippen LogP contribution in [0.2, 0.25) is 0 Å². The Kier molecular flexibility index (Phi) is 71.8. The Hall–Kier alpha value is -0.820. The fourth-order valence-corrected chi connectivity index (χ4v) is 0. The molecule has 0 aromatic heterocycles. The molecule has 0 aromatic carbocycles. The van der Waals surface area contributed by atoms with Gasteiger partial charge in [-0.25, -0.2) is 0 Å². The van der Waals surface area contributed by atoms with Gasteiger partial charge in [0.15, 0.2) is 0 Å². The van der Waals surface area contributed by atoms with Crippen molar-refractivity contribution in [2.24, 2.45) is 0 Å². The standard InChI is InChI=1S/2CH2O2.H2O3Si.Zn/c2*2-1-3;1-4(2)3;/h2*1H,(H,2,3);1-2H;/q;;;+2/p-2. The third-order valence-electron chi connectivity index (χ3n) is 0. The van der Waals surface area contributed by atoms with Gasteiger partial charge >= 0.3 is 28.6 Å². The van der Waals surface area contributed by atoms with Crippen molar-refractivity contribution in [2.75, 3.05) is 0 Å². The third kappa shape index (κ3) is 704. The van der Waals surface area contributed by atoms with E-state index in [1.165, 1.54) is 0 Å². The van der Waals surface area contributed by atoms with Crippen LogP contribution in [0.4, 0.5) is 0 Å². The van der Waals surface area contributed by atoms with E-state index in [9.17, 15) is 0 Å². The first-order chi connectivity index (χ1) is 4.56. The smallest absolute Gasteiger partial charge is 0.554 e. The van der Waals surface area contributed by atoms with Crippen LogP contribution in [-0.2, 0) is 33.5 Å². The predicted octanol–water partition coefficient (Wildman–Crippen LogP) is -4.88. The van der Waals surface area contributed by atoms with Gasteiger partial charge in [-0.1, -0.05) is 0 Å². The summed E-state index contributed by atoms with van der Waals surface area (Å²) in [5.74, 6) is 0. The molecule has 0 atom stereocenters. The van der Waals surface area contributed by atoms with Crippen LogP contribution >= 0.6 is 0 Å². The molecule has 0 aromatic rings. The van der Waals surface area contributed by atoms with Crippen molar-refractivity contribution < 1.29 is 53.3 Å². The second-order valence-electron chi connectivity index (χ2n) is 0.475. The van der Waals surface area contributed by atoms with Crippen LogP contribution in [0.1, 0.15) is 0 Å². The summed E-state index contributed by atoms with van der Waals surface area (Å²) in [7, 11) is -3.13. The van der Waals surface area contributed by atoms with Crippen molar-refractivity contribution in [1.29, 1.82) is 0 Å². The fraction of sp³-hybridized carbons (Fsp3) is 0. The molecule has 9 heteroatoms. The SMILES string of the molecule is O=C[O-].O=C[O-].O=[Si](O)O.[Zn+2]. The number of hydrogen-bond acceptors (Lipinski definition) is 5. The second-order valence-corrected chi connectivity index (χ2v) is 1.04. The molecule has 2 N–H and O–H groups in total. The average Bonchev–Trinajstić information content (AvgIpc) is 1.65. The molecule has 60 valence electrons. The molecule has 0 rings (SSSR count). The Balaban J connectivity index is -0.0000000325. The second kappa shape index (κ2) is 35.2. The molecule has 0 aliphatic rings. The normalized spacial score (nSPS) is 4.36. The van der Waals surface area contributed by atoms with Crippen LogP contribution in [-0.4, -0.2) is 31.7 Å². The Labute approximate surface area is 76.0 Å². The zero-order valence-electron chi connectivity index (χ0n) is 5.30. The van der Waals surface area contributed by atoms with E-state index in [-0.39, 0.29) is 19.5 Å². The summed E-state index contributed by atoms with van der Waals surface area (Å²) >= 11 is 0. The Morgan fingerprint density at radius 2 is 1.09 bits per heavy atom. The van der Waals surface area contributed by atoms with E-state index in [0.717, 1.165) is 0 Å². The van der Waals surface area contributed by atoms with E-state index in [2.05, 4.69) is 0 Å². The van der Waals surface area contributed by atoms with E-state index < -0.39 is 22.1 Å². The summed E-state index contributed by atoms with van der Waals surface area (Å²) in [6.45, 7) is -1.00. The van der Waals surface area contributed by atoms with E-state index >= 15 is 0 Å². The van der Waals surface area contributed by atoms with Crippen LogP contribution in [0.15, 0.2) is 0 Å².